The van der Waals surface area contributed by atoms with E-state index in [4.69, 9.17) is 24.5 Å². The minimum absolute atomic E-state index is 0.0508. The number of aliphatic carboxylic acids is 2. The molecule has 0 radical (unpaired) electrons. The molecule has 0 unspecified atom stereocenters. The standard InChI is InChI=1S/C14H21N3O3S.2C2HF3O2/c1-21(18,19)16-12-10-17(9-11-4-2-6-15-8-11)13-5-3-7-20-14(12)13;2*3-2(4,5)1(6)7/h2,4,6,8,12-14,16H,3,5,7,9-10H2,1H3;2*(H,6,7)/t12-,13+,14+;;/m0../s1. The van der Waals surface area contributed by atoms with Gasteiger partial charge < -0.3 is 14.9 Å². The molecule has 0 saturated carbocycles. The predicted molar refractivity (Wildman–Crippen MR) is 107 cm³/mol. The van der Waals surface area contributed by atoms with Crippen molar-refractivity contribution in [2.75, 3.05) is 19.4 Å². The summed E-state index contributed by atoms with van der Waals surface area (Å²) in [6.07, 6.45) is -3.33. The van der Waals surface area contributed by atoms with Crippen molar-refractivity contribution in [3.63, 3.8) is 0 Å². The zero-order chi connectivity index (χ0) is 27.0. The van der Waals surface area contributed by atoms with Crippen LogP contribution in [-0.4, -0.2) is 90.4 Å². The number of fused-ring (bicyclic) bond motifs is 1. The molecule has 0 bridgehead atoms. The number of carboxylic acids is 2. The summed E-state index contributed by atoms with van der Waals surface area (Å²) in [5.41, 5.74) is 1.14. The fourth-order valence-electron chi connectivity index (χ4n) is 3.34. The number of ether oxygens (including phenoxy) is 1. The zero-order valence-electron chi connectivity index (χ0n) is 18.1. The van der Waals surface area contributed by atoms with Crippen LogP contribution < -0.4 is 4.72 Å². The number of nitrogens with one attached hydrogen (secondary N) is 1. The molecule has 200 valence electrons. The second-order valence-electron chi connectivity index (χ2n) is 7.44. The Morgan fingerprint density at radius 3 is 2.14 bits per heavy atom. The Hall–Kier alpha value is -2.50. The number of pyridine rings is 1. The van der Waals surface area contributed by atoms with Gasteiger partial charge in [-0.25, -0.2) is 22.7 Å². The molecular weight excluding hydrogens is 516 g/mol. The fourth-order valence-corrected chi connectivity index (χ4v) is 4.10. The second-order valence-corrected chi connectivity index (χ2v) is 9.22. The number of carbonyl (C=O) groups is 2. The van der Waals surface area contributed by atoms with Crippen LogP contribution in [0, 0.1) is 0 Å². The van der Waals surface area contributed by atoms with Crippen molar-refractivity contribution in [3.8, 4) is 0 Å². The van der Waals surface area contributed by atoms with Gasteiger partial charge in [0.2, 0.25) is 10.0 Å². The van der Waals surface area contributed by atoms with Gasteiger partial charge in [0.15, 0.2) is 0 Å². The predicted octanol–water partition coefficient (Wildman–Crippen LogP) is 1.63. The molecule has 1 aromatic rings. The Labute approximate surface area is 195 Å². The third-order valence-corrected chi connectivity index (χ3v) is 5.32. The van der Waals surface area contributed by atoms with E-state index in [2.05, 4.69) is 14.6 Å². The Bertz CT molecular complexity index is 920. The van der Waals surface area contributed by atoms with Gasteiger partial charge >= 0.3 is 24.3 Å². The highest BCUT2D eigenvalue weighted by atomic mass is 32.2. The molecule has 1 aromatic heterocycles. The van der Waals surface area contributed by atoms with E-state index in [9.17, 15) is 34.8 Å². The Kier molecular flexibility index (Phi) is 10.9. The lowest BCUT2D eigenvalue weighted by Gasteiger charge is -2.32. The van der Waals surface area contributed by atoms with E-state index < -0.39 is 34.3 Å². The summed E-state index contributed by atoms with van der Waals surface area (Å²) in [6.45, 7) is 2.17. The third-order valence-electron chi connectivity index (χ3n) is 4.59. The van der Waals surface area contributed by atoms with Crippen LogP contribution in [0.25, 0.3) is 0 Å². The maximum atomic E-state index is 11.5. The van der Waals surface area contributed by atoms with Crippen molar-refractivity contribution in [3.05, 3.63) is 30.1 Å². The lowest BCUT2D eigenvalue weighted by Crippen LogP contribution is -2.47. The highest BCUT2D eigenvalue weighted by Crippen LogP contribution is 2.30. The molecule has 3 rings (SSSR count). The topological polar surface area (TPSA) is 146 Å². The molecule has 0 amide bonds. The lowest BCUT2D eigenvalue weighted by molar-refractivity contribution is -0.193. The first kappa shape index (κ1) is 30.5. The van der Waals surface area contributed by atoms with Gasteiger partial charge in [0.05, 0.1) is 18.4 Å². The lowest BCUT2D eigenvalue weighted by atomic mass is 10.0. The minimum Gasteiger partial charge on any atom is -0.475 e. The largest absolute Gasteiger partial charge is 0.490 e. The summed E-state index contributed by atoms with van der Waals surface area (Å²) in [5, 5.41) is 14.2. The molecular formula is C18H23F6N3O7S. The van der Waals surface area contributed by atoms with Crippen LogP contribution >= 0.6 is 0 Å². The van der Waals surface area contributed by atoms with Gasteiger partial charge in [-0.05, 0) is 24.5 Å². The Balaban J connectivity index is 0.000000362. The maximum absolute atomic E-state index is 11.5. The number of hydrogen-bond donors (Lipinski definition) is 3. The van der Waals surface area contributed by atoms with Crippen molar-refractivity contribution in [2.24, 2.45) is 0 Å². The summed E-state index contributed by atoms with van der Waals surface area (Å²) >= 11 is 0. The average molecular weight is 539 g/mol. The molecule has 0 aliphatic carbocycles. The number of rotatable bonds is 4. The molecule has 3 N–H and O–H groups in total. The zero-order valence-corrected chi connectivity index (χ0v) is 18.9. The van der Waals surface area contributed by atoms with E-state index in [0.717, 1.165) is 24.9 Å². The van der Waals surface area contributed by atoms with Crippen LogP contribution in [0.1, 0.15) is 18.4 Å². The molecule has 2 aliphatic heterocycles. The molecule has 17 heteroatoms. The van der Waals surface area contributed by atoms with Gasteiger partial charge in [-0.1, -0.05) is 6.07 Å². The number of likely N-dealkylation sites (tertiary alicyclic amines) is 1. The first-order valence-corrected chi connectivity index (χ1v) is 11.6. The molecule has 3 heterocycles. The summed E-state index contributed by atoms with van der Waals surface area (Å²) in [4.78, 5) is 24.2. The van der Waals surface area contributed by atoms with Crippen molar-refractivity contribution >= 4 is 22.0 Å². The molecule has 35 heavy (non-hydrogen) atoms. The highest BCUT2D eigenvalue weighted by Gasteiger charge is 2.44. The molecule has 2 aliphatic rings. The van der Waals surface area contributed by atoms with E-state index >= 15 is 0 Å². The average Bonchev–Trinajstić information content (AvgIpc) is 3.04. The van der Waals surface area contributed by atoms with Crippen LogP contribution in [0.3, 0.4) is 0 Å². The van der Waals surface area contributed by atoms with E-state index in [1.165, 1.54) is 6.26 Å². The van der Waals surface area contributed by atoms with Gasteiger partial charge in [-0.3, -0.25) is 9.88 Å². The smallest absolute Gasteiger partial charge is 0.475 e. The first-order valence-electron chi connectivity index (χ1n) is 9.74. The van der Waals surface area contributed by atoms with Crippen LogP contribution in [0.15, 0.2) is 24.5 Å². The molecule has 2 saturated heterocycles. The van der Waals surface area contributed by atoms with Crippen molar-refractivity contribution in [1.82, 2.24) is 14.6 Å². The molecule has 2 fully saturated rings. The van der Waals surface area contributed by atoms with Crippen LogP contribution in [-0.2, 0) is 30.9 Å². The number of aromatic nitrogens is 1. The van der Waals surface area contributed by atoms with Crippen LogP contribution in [0.5, 0.6) is 0 Å². The second kappa shape index (κ2) is 12.5. The quantitative estimate of drug-likeness (QED) is 0.486. The normalized spacial score (nSPS) is 22.7. The van der Waals surface area contributed by atoms with Crippen LogP contribution in [0.2, 0.25) is 0 Å². The van der Waals surface area contributed by atoms with E-state index in [1.54, 1.807) is 6.20 Å². The molecule has 0 spiro atoms. The number of hydrogen-bond acceptors (Lipinski definition) is 7. The first-order chi connectivity index (χ1) is 15.9. The minimum atomic E-state index is -5.08. The summed E-state index contributed by atoms with van der Waals surface area (Å²) in [7, 11) is -3.22. The van der Waals surface area contributed by atoms with Gasteiger partial charge in [0, 0.05) is 38.1 Å². The number of nitrogens with zero attached hydrogens (tertiary/aromatic N) is 2. The van der Waals surface area contributed by atoms with Gasteiger partial charge in [0.1, 0.15) is 0 Å². The maximum Gasteiger partial charge on any atom is 0.490 e. The number of halogens is 6. The SMILES string of the molecule is CS(=O)(=O)N[C@H]1CN(Cc2cccnc2)[C@@H]2CCCO[C@H]12.O=C(O)C(F)(F)F.O=C(O)C(F)(F)F. The van der Waals surface area contributed by atoms with E-state index in [-0.39, 0.29) is 18.2 Å². The summed E-state index contributed by atoms with van der Waals surface area (Å²) < 4.78 is 95.1. The monoisotopic (exact) mass is 539 g/mol. The molecule has 0 aromatic carbocycles. The molecule has 10 nitrogen and oxygen atoms in total. The van der Waals surface area contributed by atoms with Crippen molar-refractivity contribution in [1.29, 1.82) is 0 Å². The number of sulfonamides is 1. The Morgan fingerprint density at radius 1 is 1.17 bits per heavy atom. The third kappa shape index (κ3) is 11.2. The fraction of sp³-hybridized carbons (Fsp3) is 0.611. The summed E-state index contributed by atoms with van der Waals surface area (Å²) in [6, 6.07) is 4.08. The van der Waals surface area contributed by atoms with E-state index in [0.29, 0.717) is 13.2 Å². The van der Waals surface area contributed by atoms with Gasteiger partial charge in [-0.2, -0.15) is 26.3 Å². The highest BCUT2D eigenvalue weighted by molar-refractivity contribution is 7.88. The summed E-state index contributed by atoms with van der Waals surface area (Å²) in [5.74, 6) is -5.51. The number of alkyl halides is 6. The molecule has 3 atom stereocenters. The van der Waals surface area contributed by atoms with Crippen molar-refractivity contribution in [2.45, 2.75) is 49.9 Å². The van der Waals surface area contributed by atoms with Crippen LogP contribution in [0.4, 0.5) is 26.3 Å². The Morgan fingerprint density at radius 2 is 1.71 bits per heavy atom. The van der Waals surface area contributed by atoms with Gasteiger partial charge in [-0.15, -0.1) is 0 Å². The number of carboxylic acid groups (broad SMARTS) is 2. The van der Waals surface area contributed by atoms with E-state index in [1.807, 2.05) is 18.3 Å². The van der Waals surface area contributed by atoms with Crippen molar-refractivity contribution < 1.29 is 59.3 Å². The van der Waals surface area contributed by atoms with Gasteiger partial charge in [0.25, 0.3) is 0 Å².